The molecular weight excluding hydrogens is 350 g/mol. The fraction of sp³-hybridized carbons (Fsp3) is 0.391. The molecule has 28 heavy (non-hydrogen) atoms. The maximum Gasteiger partial charge on any atom is 0.225 e. The van der Waals surface area contributed by atoms with Gasteiger partial charge in [0.15, 0.2) is 0 Å². The lowest BCUT2D eigenvalue weighted by atomic mass is 9.98. The lowest BCUT2D eigenvalue weighted by Crippen LogP contribution is -2.41. The quantitative estimate of drug-likeness (QED) is 0.774. The monoisotopic (exact) mass is 379 g/mol. The second-order valence-electron chi connectivity index (χ2n) is 7.46. The van der Waals surface area contributed by atoms with Crippen molar-refractivity contribution in [2.45, 2.75) is 26.2 Å². The summed E-state index contributed by atoms with van der Waals surface area (Å²) < 4.78 is 0. The summed E-state index contributed by atoms with van der Waals surface area (Å²) in [6.07, 6.45) is 2.71. The predicted molar refractivity (Wildman–Crippen MR) is 113 cm³/mol. The summed E-state index contributed by atoms with van der Waals surface area (Å²) in [4.78, 5) is 26.0. The Labute approximate surface area is 167 Å². The topological polar surface area (TPSA) is 61.4 Å². The number of carbonyl (C=O) groups excluding carboxylic acids is 2. The highest BCUT2D eigenvalue weighted by atomic mass is 16.2. The Morgan fingerprint density at radius 1 is 1.07 bits per heavy atom. The maximum atomic E-state index is 12.5. The molecule has 1 atom stereocenters. The van der Waals surface area contributed by atoms with Crippen molar-refractivity contribution >= 4 is 17.5 Å². The van der Waals surface area contributed by atoms with Crippen LogP contribution in [0.25, 0.3) is 11.1 Å². The zero-order valence-corrected chi connectivity index (χ0v) is 16.5. The molecule has 5 nitrogen and oxygen atoms in total. The van der Waals surface area contributed by atoms with Crippen molar-refractivity contribution in [3.8, 4) is 11.1 Å². The molecule has 0 aliphatic carbocycles. The number of likely N-dealkylation sites (tertiary alicyclic amines) is 1. The van der Waals surface area contributed by atoms with Gasteiger partial charge in [0.25, 0.3) is 0 Å². The molecule has 1 fully saturated rings. The Morgan fingerprint density at radius 3 is 2.61 bits per heavy atom. The number of rotatable bonds is 7. The number of benzene rings is 2. The molecule has 2 aromatic carbocycles. The number of carbonyl (C=O) groups is 2. The van der Waals surface area contributed by atoms with Gasteiger partial charge >= 0.3 is 0 Å². The molecule has 0 spiro atoms. The van der Waals surface area contributed by atoms with Gasteiger partial charge in [-0.1, -0.05) is 48.5 Å². The SMILES string of the molecule is CC(=O)NCC1CCCN(CCC(=O)Nc2ccccc2-c2ccccc2)C1. The van der Waals surface area contributed by atoms with E-state index in [-0.39, 0.29) is 11.8 Å². The molecule has 0 saturated carbocycles. The van der Waals surface area contributed by atoms with E-state index in [1.165, 1.54) is 0 Å². The van der Waals surface area contributed by atoms with Crippen molar-refractivity contribution in [1.82, 2.24) is 10.2 Å². The molecule has 0 radical (unpaired) electrons. The molecule has 2 aromatic rings. The third-order valence-electron chi connectivity index (χ3n) is 5.18. The van der Waals surface area contributed by atoms with Gasteiger partial charge in [-0.2, -0.15) is 0 Å². The Morgan fingerprint density at radius 2 is 1.82 bits per heavy atom. The van der Waals surface area contributed by atoms with Crippen molar-refractivity contribution in [1.29, 1.82) is 0 Å². The summed E-state index contributed by atoms with van der Waals surface area (Å²) >= 11 is 0. The van der Waals surface area contributed by atoms with Crippen molar-refractivity contribution in [2.75, 3.05) is 31.5 Å². The first-order valence-corrected chi connectivity index (χ1v) is 10.0. The zero-order valence-electron chi connectivity index (χ0n) is 16.5. The summed E-state index contributed by atoms with van der Waals surface area (Å²) in [6, 6.07) is 18.0. The summed E-state index contributed by atoms with van der Waals surface area (Å²) in [7, 11) is 0. The molecule has 148 valence electrons. The number of hydrogen-bond acceptors (Lipinski definition) is 3. The number of hydrogen-bond donors (Lipinski definition) is 2. The van der Waals surface area contributed by atoms with Crippen LogP contribution in [0.1, 0.15) is 26.2 Å². The highest BCUT2D eigenvalue weighted by molar-refractivity contribution is 5.95. The molecule has 2 amide bonds. The maximum absolute atomic E-state index is 12.5. The fourth-order valence-electron chi connectivity index (χ4n) is 3.74. The first-order chi connectivity index (χ1) is 13.6. The summed E-state index contributed by atoms with van der Waals surface area (Å²) in [5.74, 6) is 0.528. The summed E-state index contributed by atoms with van der Waals surface area (Å²) in [5, 5.41) is 5.99. The molecule has 0 bridgehead atoms. The molecule has 2 N–H and O–H groups in total. The van der Waals surface area contributed by atoms with Crippen LogP contribution in [0.3, 0.4) is 0 Å². The second kappa shape index (κ2) is 10.0. The average molecular weight is 380 g/mol. The fourth-order valence-corrected chi connectivity index (χ4v) is 3.74. The standard InChI is InChI=1S/C23H29N3O2/c1-18(27)24-16-19-8-7-14-26(17-19)15-13-23(28)25-22-12-6-5-11-21(22)20-9-3-2-4-10-20/h2-6,9-12,19H,7-8,13-17H2,1H3,(H,24,27)(H,25,28). The van der Waals surface area contributed by atoms with Gasteiger partial charge in [0, 0.05) is 44.2 Å². The van der Waals surface area contributed by atoms with Crippen LogP contribution < -0.4 is 10.6 Å². The molecule has 1 aliphatic rings. The van der Waals surface area contributed by atoms with Crippen molar-refractivity contribution in [3.63, 3.8) is 0 Å². The van der Waals surface area contributed by atoms with E-state index in [9.17, 15) is 9.59 Å². The van der Waals surface area contributed by atoms with Crippen LogP contribution in [-0.4, -0.2) is 42.9 Å². The van der Waals surface area contributed by atoms with E-state index in [4.69, 9.17) is 0 Å². The van der Waals surface area contributed by atoms with Crippen molar-refractivity contribution in [3.05, 3.63) is 54.6 Å². The van der Waals surface area contributed by atoms with Gasteiger partial charge in [0.2, 0.25) is 11.8 Å². The normalized spacial score (nSPS) is 17.1. The van der Waals surface area contributed by atoms with Crippen LogP contribution in [0.2, 0.25) is 0 Å². The first kappa shape index (κ1) is 20.1. The second-order valence-corrected chi connectivity index (χ2v) is 7.46. The Hall–Kier alpha value is -2.66. The highest BCUT2D eigenvalue weighted by Crippen LogP contribution is 2.27. The third kappa shape index (κ3) is 5.92. The molecule has 0 aromatic heterocycles. The number of amides is 2. The number of anilines is 1. The number of nitrogens with zero attached hydrogens (tertiary/aromatic N) is 1. The Balaban J connectivity index is 1.52. The van der Waals surface area contributed by atoms with Gasteiger partial charge in [0.1, 0.15) is 0 Å². The minimum Gasteiger partial charge on any atom is -0.356 e. The number of para-hydroxylation sites is 1. The van der Waals surface area contributed by atoms with E-state index in [0.717, 1.165) is 55.8 Å². The van der Waals surface area contributed by atoms with E-state index >= 15 is 0 Å². The van der Waals surface area contributed by atoms with Crippen LogP contribution in [0, 0.1) is 5.92 Å². The minimum absolute atomic E-state index is 0.0218. The van der Waals surface area contributed by atoms with E-state index in [1.807, 2.05) is 54.6 Å². The molecule has 1 heterocycles. The van der Waals surface area contributed by atoms with Crippen LogP contribution >= 0.6 is 0 Å². The van der Waals surface area contributed by atoms with Gasteiger partial charge in [0.05, 0.1) is 0 Å². The van der Waals surface area contributed by atoms with Crippen molar-refractivity contribution < 1.29 is 9.59 Å². The lowest BCUT2D eigenvalue weighted by molar-refractivity contribution is -0.119. The largest absolute Gasteiger partial charge is 0.356 e. The van der Waals surface area contributed by atoms with E-state index in [1.54, 1.807) is 6.92 Å². The van der Waals surface area contributed by atoms with E-state index in [2.05, 4.69) is 15.5 Å². The number of nitrogens with one attached hydrogen (secondary N) is 2. The van der Waals surface area contributed by atoms with Crippen molar-refractivity contribution in [2.24, 2.45) is 5.92 Å². The summed E-state index contributed by atoms with van der Waals surface area (Å²) in [6.45, 7) is 4.98. The average Bonchev–Trinajstić information content (AvgIpc) is 2.72. The van der Waals surface area contributed by atoms with E-state index in [0.29, 0.717) is 12.3 Å². The van der Waals surface area contributed by atoms with Crippen LogP contribution in [0.4, 0.5) is 5.69 Å². The van der Waals surface area contributed by atoms with E-state index < -0.39 is 0 Å². The third-order valence-corrected chi connectivity index (χ3v) is 5.18. The first-order valence-electron chi connectivity index (χ1n) is 10.0. The Kier molecular flexibility index (Phi) is 7.20. The summed E-state index contributed by atoms with van der Waals surface area (Å²) in [5.41, 5.74) is 2.97. The number of piperidine rings is 1. The molecule has 1 aliphatic heterocycles. The molecule has 1 unspecified atom stereocenters. The molecule has 5 heteroatoms. The lowest BCUT2D eigenvalue weighted by Gasteiger charge is -2.32. The van der Waals surface area contributed by atoms with Gasteiger partial charge in [-0.25, -0.2) is 0 Å². The van der Waals surface area contributed by atoms with Gasteiger partial charge in [-0.3, -0.25) is 9.59 Å². The predicted octanol–water partition coefficient (Wildman–Crippen LogP) is 3.53. The van der Waals surface area contributed by atoms with Crippen LogP contribution in [0.5, 0.6) is 0 Å². The Bertz CT molecular complexity index is 791. The molecule has 3 rings (SSSR count). The smallest absolute Gasteiger partial charge is 0.225 e. The van der Waals surface area contributed by atoms with Gasteiger partial charge in [-0.15, -0.1) is 0 Å². The zero-order chi connectivity index (χ0) is 19.8. The van der Waals surface area contributed by atoms with Gasteiger partial charge < -0.3 is 15.5 Å². The highest BCUT2D eigenvalue weighted by Gasteiger charge is 2.20. The minimum atomic E-state index is 0.0218. The van der Waals surface area contributed by atoms with Gasteiger partial charge in [-0.05, 0) is 36.9 Å². The van der Waals surface area contributed by atoms with Crippen LogP contribution in [-0.2, 0) is 9.59 Å². The molecule has 1 saturated heterocycles. The molecular formula is C23H29N3O2. The van der Waals surface area contributed by atoms with Crippen LogP contribution in [0.15, 0.2) is 54.6 Å².